The lowest BCUT2D eigenvalue weighted by Crippen LogP contribution is -2.19. The van der Waals surface area contributed by atoms with E-state index in [4.69, 9.17) is 5.26 Å². The maximum absolute atomic E-state index is 13.6. The number of esters is 1. The van der Waals surface area contributed by atoms with Crippen molar-refractivity contribution in [3.05, 3.63) is 33.3 Å². The van der Waals surface area contributed by atoms with Crippen molar-refractivity contribution in [3.63, 3.8) is 0 Å². The lowest BCUT2D eigenvalue weighted by molar-refractivity contribution is -0.143. The highest BCUT2D eigenvalue weighted by Gasteiger charge is 2.34. The molecule has 0 aliphatic rings. The first kappa shape index (κ1) is 15.4. The van der Waals surface area contributed by atoms with E-state index in [9.17, 15) is 22.4 Å². The van der Waals surface area contributed by atoms with Gasteiger partial charge in [0.1, 0.15) is 0 Å². The Morgan fingerprint density at radius 1 is 1.26 bits per heavy atom. The monoisotopic (exact) mass is 339 g/mol. The van der Waals surface area contributed by atoms with Gasteiger partial charge in [-0.2, -0.15) is 5.26 Å². The Labute approximate surface area is 113 Å². The van der Waals surface area contributed by atoms with E-state index in [0.29, 0.717) is 0 Å². The molecule has 0 amide bonds. The second kappa shape index (κ2) is 6.02. The molecule has 19 heavy (non-hydrogen) atoms. The van der Waals surface area contributed by atoms with E-state index in [1.165, 1.54) is 13.0 Å². The summed E-state index contributed by atoms with van der Waals surface area (Å²) < 4.78 is 57.1. The molecule has 0 fully saturated rings. The normalized spacial score (nSPS) is 11.8. The highest BCUT2D eigenvalue weighted by molar-refractivity contribution is 9.10. The fraction of sp³-hybridized carbons (Fsp3) is 0.273. The first-order valence-corrected chi connectivity index (χ1v) is 5.73. The van der Waals surface area contributed by atoms with Crippen LogP contribution < -0.4 is 0 Å². The van der Waals surface area contributed by atoms with Gasteiger partial charge in [0.05, 0.1) is 22.7 Å². The van der Waals surface area contributed by atoms with Gasteiger partial charge in [-0.3, -0.25) is 4.79 Å². The molecule has 1 atom stereocenters. The molecule has 1 aromatic rings. The predicted molar refractivity (Wildman–Crippen MR) is 59.0 cm³/mol. The molecular weight excluding hydrogens is 334 g/mol. The van der Waals surface area contributed by atoms with Crippen molar-refractivity contribution in [1.82, 2.24) is 0 Å². The van der Waals surface area contributed by atoms with E-state index < -0.39 is 45.2 Å². The standard InChI is InChI=1S/C11H6BrF4NO2/c1-2-19-11(18)4(3-17)5-7(13)9(15)6(12)10(16)8(5)14/h4H,2H2,1H3/t4-/m0/s1. The maximum Gasteiger partial charge on any atom is 0.328 e. The van der Waals surface area contributed by atoms with Gasteiger partial charge in [0.25, 0.3) is 0 Å². The van der Waals surface area contributed by atoms with Gasteiger partial charge >= 0.3 is 5.97 Å². The number of hydrogen-bond donors (Lipinski definition) is 0. The molecule has 0 bridgehead atoms. The zero-order valence-electron chi connectivity index (χ0n) is 9.44. The summed E-state index contributed by atoms with van der Waals surface area (Å²) in [4.78, 5) is 11.4. The average molecular weight is 340 g/mol. The van der Waals surface area contributed by atoms with Crippen LogP contribution in [0.4, 0.5) is 17.6 Å². The van der Waals surface area contributed by atoms with Crippen LogP contribution in [-0.4, -0.2) is 12.6 Å². The number of hydrogen-bond acceptors (Lipinski definition) is 3. The second-order valence-corrected chi connectivity index (χ2v) is 4.09. The van der Waals surface area contributed by atoms with E-state index in [2.05, 4.69) is 20.7 Å². The summed E-state index contributed by atoms with van der Waals surface area (Å²) in [6.07, 6.45) is 0. The third-order valence-electron chi connectivity index (χ3n) is 2.18. The van der Waals surface area contributed by atoms with Crippen LogP contribution in [0.25, 0.3) is 0 Å². The number of nitriles is 1. The molecule has 0 N–H and O–H groups in total. The predicted octanol–water partition coefficient (Wildman–Crippen LogP) is 3.18. The zero-order valence-corrected chi connectivity index (χ0v) is 11.0. The molecule has 3 nitrogen and oxygen atoms in total. The summed E-state index contributed by atoms with van der Waals surface area (Å²) in [6, 6.07) is 1.26. The fourth-order valence-corrected chi connectivity index (χ4v) is 1.68. The molecule has 0 unspecified atom stereocenters. The van der Waals surface area contributed by atoms with E-state index in [0.717, 1.165) is 0 Å². The van der Waals surface area contributed by atoms with Crippen LogP contribution in [0.15, 0.2) is 4.47 Å². The summed E-state index contributed by atoms with van der Waals surface area (Å²) in [5, 5.41) is 8.74. The molecule has 0 radical (unpaired) electrons. The molecule has 0 aliphatic heterocycles. The van der Waals surface area contributed by atoms with E-state index in [1.54, 1.807) is 0 Å². The van der Waals surface area contributed by atoms with Crippen LogP contribution in [0.5, 0.6) is 0 Å². The summed E-state index contributed by atoms with van der Waals surface area (Å²) >= 11 is 2.32. The van der Waals surface area contributed by atoms with E-state index in [1.807, 2.05) is 0 Å². The number of carbonyl (C=O) groups excluding carboxylic acids is 1. The van der Waals surface area contributed by atoms with Crippen molar-refractivity contribution in [3.8, 4) is 6.07 Å². The molecular formula is C11H6BrF4NO2. The molecule has 0 heterocycles. The Morgan fingerprint density at radius 3 is 2.11 bits per heavy atom. The number of halogens is 5. The largest absolute Gasteiger partial charge is 0.465 e. The SMILES string of the molecule is CCOC(=O)[C@@H](C#N)c1c(F)c(F)c(Br)c(F)c1F. The average Bonchev–Trinajstić information content (AvgIpc) is 2.39. The summed E-state index contributed by atoms with van der Waals surface area (Å²) in [6.45, 7) is 1.25. The van der Waals surface area contributed by atoms with Crippen molar-refractivity contribution >= 4 is 21.9 Å². The van der Waals surface area contributed by atoms with Crippen molar-refractivity contribution in [1.29, 1.82) is 5.26 Å². The second-order valence-electron chi connectivity index (χ2n) is 3.30. The molecule has 0 aliphatic carbocycles. The van der Waals surface area contributed by atoms with Gasteiger partial charge in [-0.1, -0.05) is 0 Å². The maximum atomic E-state index is 13.6. The fourth-order valence-electron chi connectivity index (χ4n) is 1.34. The van der Waals surface area contributed by atoms with Crippen molar-refractivity contribution < 1.29 is 27.1 Å². The van der Waals surface area contributed by atoms with E-state index >= 15 is 0 Å². The van der Waals surface area contributed by atoms with Crippen LogP contribution in [0.1, 0.15) is 18.4 Å². The van der Waals surface area contributed by atoms with Gasteiger partial charge in [0.15, 0.2) is 29.2 Å². The lowest BCUT2D eigenvalue weighted by atomic mass is 9.99. The Morgan fingerprint density at radius 2 is 1.74 bits per heavy atom. The Balaban J connectivity index is 3.50. The molecule has 0 spiro atoms. The summed E-state index contributed by atoms with van der Waals surface area (Å²) in [5.41, 5.74) is -1.31. The smallest absolute Gasteiger partial charge is 0.328 e. The van der Waals surface area contributed by atoms with Crippen LogP contribution in [-0.2, 0) is 9.53 Å². The first-order chi connectivity index (χ1) is 8.86. The van der Waals surface area contributed by atoms with Crippen LogP contribution in [0, 0.1) is 34.6 Å². The number of benzene rings is 1. The molecule has 0 saturated carbocycles. The Kier molecular flexibility index (Phi) is 4.89. The van der Waals surface area contributed by atoms with Gasteiger partial charge < -0.3 is 4.74 Å². The molecule has 1 aromatic carbocycles. The quantitative estimate of drug-likeness (QED) is 0.368. The van der Waals surface area contributed by atoms with Crippen molar-refractivity contribution in [2.24, 2.45) is 0 Å². The molecule has 1 rings (SSSR count). The minimum atomic E-state index is -2.09. The highest BCUT2D eigenvalue weighted by atomic mass is 79.9. The van der Waals surface area contributed by atoms with Gasteiger partial charge in [-0.15, -0.1) is 0 Å². The minimum absolute atomic E-state index is 0.151. The molecule has 8 heteroatoms. The summed E-state index contributed by atoms with van der Waals surface area (Å²) in [5.74, 6) is -10.5. The molecule has 0 aromatic heterocycles. The third-order valence-corrected chi connectivity index (χ3v) is 2.88. The van der Waals surface area contributed by atoms with Crippen LogP contribution in [0.3, 0.4) is 0 Å². The number of nitrogens with zero attached hydrogens (tertiary/aromatic N) is 1. The third kappa shape index (κ3) is 2.71. The Bertz CT molecular complexity index is 542. The minimum Gasteiger partial charge on any atom is -0.465 e. The van der Waals surface area contributed by atoms with Gasteiger partial charge in [-0.05, 0) is 22.9 Å². The van der Waals surface area contributed by atoms with Gasteiger partial charge in [0.2, 0.25) is 0 Å². The molecule has 102 valence electrons. The number of carbonyl (C=O) groups is 1. The topological polar surface area (TPSA) is 50.1 Å². The van der Waals surface area contributed by atoms with Crippen LogP contribution in [0.2, 0.25) is 0 Å². The lowest BCUT2D eigenvalue weighted by Gasteiger charge is -2.12. The first-order valence-electron chi connectivity index (χ1n) is 4.94. The number of rotatable bonds is 3. The molecule has 0 saturated heterocycles. The van der Waals surface area contributed by atoms with E-state index in [-0.39, 0.29) is 6.61 Å². The van der Waals surface area contributed by atoms with Crippen LogP contribution >= 0.6 is 15.9 Å². The van der Waals surface area contributed by atoms with Gasteiger partial charge in [-0.25, -0.2) is 17.6 Å². The zero-order chi connectivity index (χ0) is 14.7. The summed E-state index contributed by atoms with van der Waals surface area (Å²) in [7, 11) is 0. The van der Waals surface area contributed by atoms with Crippen molar-refractivity contribution in [2.75, 3.05) is 6.61 Å². The van der Waals surface area contributed by atoms with Crippen molar-refractivity contribution in [2.45, 2.75) is 12.8 Å². The Hall–Kier alpha value is -1.62. The van der Waals surface area contributed by atoms with Gasteiger partial charge in [0, 0.05) is 0 Å². The number of ether oxygens (including phenoxy) is 1. The highest BCUT2D eigenvalue weighted by Crippen LogP contribution is 2.32.